The molecule has 2 heterocycles. The van der Waals surface area contributed by atoms with Crippen LogP contribution in [0.3, 0.4) is 0 Å². The molecule has 0 fully saturated rings. The lowest BCUT2D eigenvalue weighted by atomic mass is 9.64. The van der Waals surface area contributed by atoms with Crippen molar-refractivity contribution < 1.29 is 0 Å². The fourth-order valence-corrected chi connectivity index (χ4v) is 3.46. The van der Waals surface area contributed by atoms with Gasteiger partial charge in [-0.25, -0.2) is 19.9 Å². The second-order valence-corrected chi connectivity index (χ2v) is 5.74. The molecule has 0 bridgehead atoms. The summed E-state index contributed by atoms with van der Waals surface area (Å²) in [6, 6.07) is 3.75. The van der Waals surface area contributed by atoms with E-state index in [9.17, 15) is 0 Å². The monoisotopic (exact) mass is 294 g/mol. The lowest BCUT2D eigenvalue weighted by molar-refractivity contribution is 0.445. The molecule has 2 aromatic heterocycles. The molecular weight excluding hydrogens is 272 g/mol. The molecule has 4 nitrogen and oxygen atoms in total. The highest BCUT2D eigenvalue weighted by atomic mass is 14.9. The molecule has 0 saturated carbocycles. The summed E-state index contributed by atoms with van der Waals surface area (Å²) in [5.41, 5.74) is 2.76. The molecule has 0 N–H and O–H groups in total. The second kappa shape index (κ2) is 6.77. The number of rotatable bonds is 6. The molecule has 0 unspecified atom stereocenters. The van der Waals surface area contributed by atoms with Crippen molar-refractivity contribution in [1.29, 1.82) is 0 Å². The summed E-state index contributed by atoms with van der Waals surface area (Å²) in [6.45, 7) is 4.44. The summed E-state index contributed by atoms with van der Waals surface area (Å²) in [6.07, 6.45) is 11.8. The minimum atomic E-state index is 0.333. The zero-order valence-electron chi connectivity index (χ0n) is 13.2. The van der Waals surface area contributed by atoms with E-state index in [1.807, 2.05) is 36.9 Å². The molecule has 1 aliphatic rings. The Morgan fingerprint density at radius 1 is 0.864 bits per heavy atom. The highest BCUT2D eigenvalue weighted by Crippen LogP contribution is 2.54. The van der Waals surface area contributed by atoms with Crippen LogP contribution in [0.2, 0.25) is 0 Å². The van der Waals surface area contributed by atoms with Crippen LogP contribution in [0.5, 0.6) is 0 Å². The summed E-state index contributed by atoms with van der Waals surface area (Å²) in [5, 5.41) is 0. The Labute approximate surface area is 131 Å². The SMILES string of the molecule is CCCC1=C(c2ncccn2)[C@H](CCC)[C@H]1c1ncccn1. The third kappa shape index (κ3) is 2.65. The van der Waals surface area contributed by atoms with Gasteiger partial charge in [0, 0.05) is 42.2 Å². The van der Waals surface area contributed by atoms with E-state index in [1.54, 1.807) is 0 Å². The number of nitrogens with zero attached hydrogens (tertiary/aromatic N) is 4. The van der Waals surface area contributed by atoms with Crippen LogP contribution in [0.15, 0.2) is 42.5 Å². The van der Waals surface area contributed by atoms with Crippen molar-refractivity contribution in [3.8, 4) is 0 Å². The van der Waals surface area contributed by atoms with E-state index < -0.39 is 0 Å². The standard InChI is InChI=1S/C18H22N4/c1-3-7-13-15(17-19-9-5-10-20-17)14(8-4-2)16(13)18-21-11-6-12-22-18/h5-6,9-13,15H,3-4,7-8H2,1-2H3/t13-,15-/m1/s1. The molecule has 22 heavy (non-hydrogen) atoms. The maximum atomic E-state index is 4.51. The van der Waals surface area contributed by atoms with E-state index >= 15 is 0 Å². The van der Waals surface area contributed by atoms with Gasteiger partial charge in [-0.2, -0.15) is 0 Å². The third-order valence-electron chi connectivity index (χ3n) is 4.28. The van der Waals surface area contributed by atoms with Crippen molar-refractivity contribution in [2.45, 2.75) is 45.4 Å². The molecule has 0 spiro atoms. The fourth-order valence-electron chi connectivity index (χ4n) is 3.46. The van der Waals surface area contributed by atoms with Crippen LogP contribution in [-0.2, 0) is 0 Å². The first-order valence-electron chi connectivity index (χ1n) is 8.14. The lowest BCUT2D eigenvalue weighted by Gasteiger charge is -2.41. The van der Waals surface area contributed by atoms with Gasteiger partial charge in [0.1, 0.15) is 5.82 Å². The third-order valence-corrected chi connectivity index (χ3v) is 4.28. The smallest absolute Gasteiger partial charge is 0.155 e. The van der Waals surface area contributed by atoms with Crippen molar-refractivity contribution >= 4 is 5.57 Å². The maximum Gasteiger partial charge on any atom is 0.155 e. The molecule has 1 aliphatic carbocycles. The van der Waals surface area contributed by atoms with Crippen LogP contribution in [0.25, 0.3) is 5.57 Å². The normalized spacial score (nSPS) is 20.8. The van der Waals surface area contributed by atoms with E-state index in [4.69, 9.17) is 0 Å². The van der Waals surface area contributed by atoms with Crippen LogP contribution in [0.1, 0.15) is 57.1 Å². The summed E-state index contributed by atoms with van der Waals surface area (Å²) in [4.78, 5) is 18.0. The largest absolute Gasteiger partial charge is 0.241 e. The molecule has 0 saturated heterocycles. The number of hydrogen-bond acceptors (Lipinski definition) is 4. The van der Waals surface area contributed by atoms with Crippen LogP contribution in [0.4, 0.5) is 0 Å². The summed E-state index contributed by atoms with van der Waals surface area (Å²) < 4.78 is 0. The Balaban J connectivity index is 2.04. The van der Waals surface area contributed by atoms with E-state index in [0.717, 1.165) is 37.3 Å². The van der Waals surface area contributed by atoms with E-state index in [1.165, 1.54) is 11.1 Å². The van der Waals surface area contributed by atoms with E-state index in [0.29, 0.717) is 11.8 Å². The first-order valence-corrected chi connectivity index (χ1v) is 8.14. The molecule has 0 aromatic carbocycles. The molecule has 0 radical (unpaired) electrons. The van der Waals surface area contributed by atoms with Crippen LogP contribution in [0, 0.1) is 5.92 Å². The van der Waals surface area contributed by atoms with Gasteiger partial charge in [0.05, 0.1) is 0 Å². The van der Waals surface area contributed by atoms with Gasteiger partial charge in [-0.1, -0.05) is 32.3 Å². The van der Waals surface area contributed by atoms with Gasteiger partial charge in [0.2, 0.25) is 0 Å². The quantitative estimate of drug-likeness (QED) is 0.807. The summed E-state index contributed by atoms with van der Waals surface area (Å²) in [7, 11) is 0. The Bertz CT molecular complexity index is 637. The molecule has 0 aliphatic heterocycles. The van der Waals surface area contributed by atoms with Crippen LogP contribution in [-0.4, -0.2) is 19.9 Å². The summed E-state index contributed by atoms with van der Waals surface area (Å²) in [5.74, 6) is 2.61. The Kier molecular flexibility index (Phi) is 4.56. The topological polar surface area (TPSA) is 51.6 Å². The zero-order chi connectivity index (χ0) is 15.4. The average Bonchev–Trinajstić information content (AvgIpc) is 2.56. The highest BCUT2D eigenvalue weighted by molar-refractivity contribution is 5.75. The molecule has 2 atom stereocenters. The van der Waals surface area contributed by atoms with Gasteiger partial charge in [0.15, 0.2) is 5.82 Å². The first-order chi connectivity index (χ1) is 10.9. The zero-order valence-corrected chi connectivity index (χ0v) is 13.2. The minimum Gasteiger partial charge on any atom is -0.241 e. The Morgan fingerprint density at radius 2 is 1.50 bits per heavy atom. The second-order valence-electron chi connectivity index (χ2n) is 5.74. The Morgan fingerprint density at radius 3 is 2.09 bits per heavy atom. The van der Waals surface area contributed by atoms with Crippen LogP contribution >= 0.6 is 0 Å². The molecule has 4 heteroatoms. The summed E-state index contributed by atoms with van der Waals surface area (Å²) >= 11 is 0. The van der Waals surface area contributed by atoms with Gasteiger partial charge in [-0.05, 0) is 25.0 Å². The van der Waals surface area contributed by atoms with Crippen molar-refractivity contribution in [3.63, 3.8) is 0 Å². The maximum absolute atomic E-state index is 4.51. The Hall–Kier alpha value is -2.10. The number of hydrogen-bond donors (Lipinski definition) is 0. The van der Waals surface area contributed by atoms with Crippen molar-refractivity contribution in [1.82, 2.24) is 19.9 Å². The van der Waals surface area contributed by atoms with Gasteiger partial charge in [0.25, 0.3) is 0 Å². The molecular formula is C18H22N4. The van der Waals surface area contributed by atoms with Gasteiger partial charge in [-0.15, -0.1) is 0 Å². The predicted octanol–water partition coefficient (Wildman–Crippen LogP) is 4.03. The molecule has 0 amide bonds. The van der Waals surface area contributed by atoms with Crippen molar-refractivity contribution in [3.05, 3.63) is 54.1 Å². The highest BCUT2D eigenvalue weighted by Gasteiger charge is 2.43. The van der Waals surface area contributed by atoms with Crippen molar-refractivity contribution in [2.75, 3.05) is 0 Å². The predicted molar refractivity (Wildman–Crippen MR) is 87.0 cm³/mol. The van der Waals surface area contributed by atoms with Crippen LogP contribution < -0.4 is 0 Å². The van der Waals surface area contributed by atoms with E-state index in [2.05, 4.69) is 33.8 Å². The van der Waals surface area contributed by atoms with Gasteiger partial charge in [-0.3, -0.25) is 0 Å². The fraction of sp³-hybridized carbons (Fsp3) is 0.444. The molecule has 2 aromatic rings. The molecule has 3 rings (SSSR count). The van der Waals surface area contributed by atoms with Crippen molar-refractivity contribution in [2.24, 2.45) is 5.92 Å². The number of allylic oxidation sites excluding steroid dienone is 2. The average molecular weight is 294 g/mol. The minimum absolute atomic E-state index is 0.333. The lowest BCUT2D eigenvalue weighted by Crippen LogP contribution is -2.30. The molecule has 114 valence electrons. The van der Waals surface area contributed by atoms with Gasteiger partial charge < -0.3 is 0 Å². The number of aromatic nitrogens is 4. The van der Waals surface area contributed by atoms with Gasteiger partial charge >= 0.3 is 0 Å². The van der Waals surface area contributed by atoms with E-state index in [-0.39, 0.29) is 0 Å². The first kappa shape index (κ1) is 14.8.